The Balaban J connectivity index is 2.27. The Labute approximate surface area is 123 Å². The zero-order valence-corrected chi connectivity index (χ0v) is 12.1. The second-order valence-corrected chi connectivity index (χ2v) is 5.73. The topological polar surface area (TPSA) is 92.5 Å². The Kier molecular flexibility index (Phi) is 4.57. The smallest absolute Gasteiger partial charge is 0.282 e. The minimum absolute atomic E-state index is 0.0541. The van der Waals surface area contributed by atoms with Crippen molar-refractivity contribution in [3.8, 4) is 0 Å². The zero-order valence-electron chi connectivity index (χ0n) is 12.1. The largest absolute Gasteiger partial charge is 0.394 e. The summed E-state index contributed by atoms with van der Waals surface area (Å²) >= 11 is 0. The number of aryl methyl sites for hydroxylation is 1. The second kappa shape index (κ2) is 6.22. The van der Waals surface area contributed by atoms with Gasteiger partial charge in [0.2, 0.25) is 0 Å². The number of nitrogens with zero attached hydrogens (tertiary/aromatic N) is 1. The highest BCUT2D eigenvalue weighted by Crippen LogP contribution is 2.29. The molecule has 1 saturated carbocycles. The summed E-state index contributed by atoms with van der Waals surface area (Å²) in [6, 6.07) is 4.47. The van der Waals surface area contributed by atoms with Gasteiger partial charge in [0.1, 0.15) is 5.56 Å². The quantitative estimate of drug-likeness (QED) is 0.658. The fourth-order valence-corrected chi connectivity index (χ4v) is 2.85. The lowest BCUT2D eigenvalue weighted by Gasteiger charge is -2.36. The summed E-state index contributed by atoms with van der Waals surface area (Å²) in [5.41, 5.74) is -0.0136. The van der Waals surface area contributed by atoms with Crippen LogP contribution in [-0.4, -0.2) is 28.1 Å². The van der Waals surface area contributed by atoms with Gasteiger partial charge in [0.05, 0.1) is 17.1 Å². The van der Waals surface area contributed by atoms with Crippen LogP contribution in [0, 0.1) is 17.0 Å². The number of amides is 1. The number of carbonyl (C=O) groups excluding carboxylic acids is 1. The van der Waals surface area contributed by atoms with Crippen molar-refractivity contribution in [2.75, 3.05) is 6.61 Å². The summed E-state index contributed by atoms with van der Waals surface area (Å²) in [4.78, 5) is 22.9. The Hall–Kier alpha value is -1.95. The average Bonchev–Trinajstić information content (AvgIpc) is 2.47. The molecule has 1 amide bonds. The molecule has 1 aliphatic carbocycles. The summed E-state index contributed by atoms with van der Waals surface area (Å²) < 4.78 is 0. The van der Waals surface area contributed by atoms with Gasteiger partial charge in [-0.05, 0) is 31.4 Å². The SMILES string of the molecule is Cc1ccc([N+](=O)[O-])c(C(=O)NC2(CO)CCCCC2)c1. The number of nitro groups is 1. The first-order valence-corrected chi connectivity index (χ1v) is 7.16. The van der Waals surface area contributed by atoms with E-state index in [-0.39, 0.29) is 17.9 Å². The van der Waals surface area contributed by atoms with Crippen molar-refractivity contribution in [3.05, 3.63) is 39.4 Å². The molecule has 1 aromatic rings. The Morgan fingerprint density at radius 1 is 1.38 bits per heavy atom. The van der Waals surface area contributed by atoms with Gasteiger partial charge in [0, 0.05) is 6.07 Å². The first-order chi connectivity index (χ1) is 9.97. The first-order valence-electron chi connectivity index (χ1n) is 7.16. The van der Waals surface area contributed by atoms with Gasteiger partial charge >= 0.3 is 0 Å². The van der Waals surface area contributed by atoms with Gasteiger partial charge in [-0.3, -0.25) is 14.9 Å². The molecule has 0 aliphatic heterocycles. The van der Waals surface area contributed by atoms with Crippen molar-refractivity contribution in [3.63, 3.8) is 0 Å². The lowest BCUT2D eigenvalue weighted by molar-refractivity contribution is -0.385. The molecule has 0 atom stereocenters. The van der Waals surface area contributed by atoms with Crippen LogP contribution in [0.1, 0.15) is 48.0 Å². The van der Waals surface area contributed by atoms with Crippen LogP contribution in [0.15, 0.2) is 18.2 Å². The monoisotopic (exact) mass is 292 g/mol. The van der Waals surface area contributed by atoms with E-state index in [2.05, 4.69) is 5.32 Å². The van der Waals surface area contributed by atoms with E-state index in [4.69, 9.17) is 0 Å². The number of benzene rings is 1. The van der Waals surface area contributed by atoms with Crippen LogP contribution < -0.4 is 5.32 Å². The average molecular weight is 292 g/mol. The van der Waals surface area contributed by atoms with Crippen LogP contribution in [0.5, 0.6) is 0 Å². The van der Waals surface area contributed by atoms with Gasteiger partial charge in [-0.1, -0.05) is 25.3 Å². The predicted octanol–water partition coefficient (Wildman–Crippen LogP) is 2.33. The van der Waals surface area contributed by atoms with Crippen molar-refractivity contribution in [2.45, 2.75) is 44.6 Å². The third-order valence-electron chi connectivity index (χ3n) is 4.09. The lowest BCUT2D eigenvalue weighted by atomic mass is 9.82. The molecule has 1 aromatic carbocycles. The minimum atomic E-state index is -0.646. The number of nitrogens with one attached hydrogen (secondary N) is 1. The van der Waals surface area contributed by atoms with Gasteiger partial charge in [0.15, 0.2) is 0 Å². The summed E-state index contributed by atoms with van der Waals surface area (Å²) in [5.74, 6) is -0.485. The molecule has 114 valence electrons. The Morgan fingerprint density at radius 2 is 2.05 bits per heavy atom. The molecular formula is C15H20N2O4. The van der Waals surface area contributed by atoms with Gasteiger partial charge in [0.25, 0.3) is 11.6 Å². The third kappa shape index (κ3) is 3.39. The highest BCUT2D eigenvalue weighted by Gasteiger charge is 2.34. The van der Waals surface area contributed by atoms with Gasteiger partial charge in [-0.25, -0.2) is 0 Å². The maximum Gasteiger partial charge on any atom is 0.282 e. The van der Waals surface area contributed by atoms with E-state index in [0.717, 1.165) is 24.8 Å². The highest BCUT2D eigenvalue weighted by molar-refractivity contribution is 5.98. The number of nitro benzene ring substituents is 1. The first kappa shape index (κ1) is 15.4. The van der Waals surface area contributed by atoms with E-state index in [1.807, 2.05) is 0 Å². The van der Waals surface area contributed by atoms with E-state index in [1.54, 1.807) is 13.0 Å². The summed E-state index contributed by atoms with van der Waals surface area (Å²) in [5, 5.41) is 23.5. The van der Waals surface area contributed by atoms with Gasteiger partial charge < -0.3 is 10.4 Å². The fourth-order valence-electron chi connectivity index (χ4n) is 2.85. The molecule has 0 saturated heterocycles. The molecule has 0 spiro atoms. The standard InChI is InChI=1S/C15H20N2O4/c1-11-5-6-13(17(20)21)12(9-11)14(19)16-15(10-18)7-3-2-4-8-15/h5-6,9,18H,2-4,7-8,10H2,1H3,(H,16,19). The minimum Gasteiger partial charge on any atom is -0.394 e. The molecule has 0 unspecified atom stereocenters. The molecular weight excluding hydrogens is 272 g/mol. The van der Waals surface area contributed by atoms with Gasteiger partial charge in [-0.2, -0.15) is 0 Å². The van der Waals surface area contributed by atoms with Crippen LogP contribution >= 0.6 is 0 Å². The molecule has 0 radical (unpaired) electrons. The molecule has 2 rings (SSSR count). The molecule has 21 heavy (non-hydrogen) atoms. The van der Waals surface area contributed by atoms with Crippen molar-refractivity contribution in [1.29, 1.82) is 0 Å². The van der Waals surface area contributed by atoms with E-state index in [1.165, 1.54) is 12.1 Å². The summed E-state index contributed by atoms with van der Waals surface area (Å²) in [7, 11) is 0. The van der Waals surface area contributed by atoms with Crippen molar-refractivity contribution < 1.29 is 14.8 Å². The van der Waals surface area contributed by atoms with E-state index in [0.29, 0.717) is 12.8 Å². The Bertz CT molecular complexity index is 551. The molecule has 6 nitrogen and oxygen atoms in total. The lowest BCUT2D eigenvalue weighted by Crippen LogP contribution is -2.52. The normalized spacial score (nSPS) is 17.2. The van der Waals surface area contributed by atoms with E-state index < -0.39 is 16.4 Å². The second-order valence-electron chi connectivity index (χ2n) is 5.73. The number of hydrogen-bond acceptors (Lipinski definition) is 4. The van der Waals surface area contributed by atoms with Crippen LogP contribution in [0.2, 0.25) is 0 Å². The fraction of sp³-hybridized carbons (Fsp3) is 0.533. The van der Waals surface area contributed by atoms with E-state index >= 15 is 0 Å². The van der Waals surface area contributed by atoms with Crippen molar-refractivity contribution in [2.24, 2.45) is 0 Å². The molecule has 1 aliphatic rings. The molecule has 2 N–H and O–H groups in total. The summed E-state index contributed by atoms with van der Waals surface area (Å²) in [6.45, 7) is 1.64. The van der Waals surface area contributed by atoms with Gasteiger partial charge in [-0.15, -0.1) is 0 Å². The number of carbonyl (C=O) groups is 1. The van der Waals surface area contributed by atoms with Crippen LogP contribution in [0.4, 0.5) is 5.69 Å². The zero-order chi connectivity index (χ0) is 15.5. The summed E-state index contributed by atoms with van der Waals surface area (Å²) in [6.07, 6.45) is 4.37. The predicted molar refractivity (Wildman–Crippen MR) is 78.2 cm³/mol. The maximum atomic E-state index is 12.4. The van der Waals surface area contributed by atoms with Crippen LogP contribution in [0.3, 0.4) is 0 Å². The number of aliphatic hydroxyl groups is 1. The van der Waals surface area contributed by atoms with Crippen molar-refractivity contribution >= 4 is 11.6 Å². The van der Waals surface area contributed by atoms with Crippen LogP contribution in [-0.2, 0) is 0 Å². The van der Waals surface area contributed by atoms with E-state index in [9.17, 15) is 20.0 Å². The molecule has 6 heteroatoms. The number of rotatable bonds is 4. The van der Waals surface area contributed by atoms with Crippen molar-refractivity contribution in [1.82, 2.24) is 5.32 Å². The maximum absolute atomic E-state index is 12.4. The third-order valence-corrected chi connectivity index (χ3v) is 4.09. The molecule has 1 fully saturated rings. The molecule has 0 heterocycles. The Morgan fingerprint density at radius 3 is 2.62 bits per heavy atom. The van der Waals surface area contributed by atoms with Crippen LogP contribution in [0.25, 0.3) is 0 Å². The highest BCUT2D eigenvalue weighted by atomic mass is 16.6. The molecule has 0 bridgehead atoms. The molecule has 0 aromatic heterocycles. The number of aliphatic hydroxyl groups excluding tert-OH is 1. The number of hydrogen-bond donors (Lipinski definition) is 2.